The smallest absolute Gasteiger partial charge is 0.244 e. The van der Waals surface area contributed by atoms with Gasteiger partial charge in [0.1, 0.15) is 6.54 Å². The van der Waals surface area contributed by atoms with Gasteiger partial charge in [-0.2, -0.15) is 5.10 Å². The van der Waals surface area contributed by atoms with Crippen molar-refractivity contribution in [3.05, 3.63) is 18.0 Å². The van der Waals surface area contributed by atoms with Crippen molar-refractivity contribution in [3.63, 3.8) is 0 Å². The highest BCUT2D eigenvalue weighted by molar-refractivity contribution is 5.77. The topological polar surface area (TPSA) is 78.7 Å². The van der Waals surface area contributed by atoms with Crippen LogP contribution in [-0.4, -0.2) is 68.8 Å². The van der Waals surface area contributed by atoms with Crippen molar-refractivity contribution < 1.29 is 14.7 Å². The van der Waals surface area contributed by atoms with Crippen LogP contribution in [0.3, 0.4) is 0 Å². The van der Waals surface area contributed by atoms with Gasteiger partial charge in [-0.3, -0.25) is 14.3 Å². The Bertz CT molecular complexity index is 632. The van der Waals surface area contributed by atoms with Gasteiger partial charge in [0.25, 0.3) is 0 Å². The summed E-state index contributed by atoms with van der Waals surface area (Å²) in [6.45, 7) is 6.53. The van der Waals surface area contributed by atoms with E-state index in [0.717, 1.165) is 37.9 Å². The van der Waals surface area contributed by atoms with Gasteiger partial charge in [0.05, 0.1) is 12.3 Å². The fourth-order valence-electron chi connectivity index (χ4n) is 4.02. The first-order valence-corrected chi connectivity index (χ1v) is 9.10. The molecule has 0 aromatic carbocycles. The maximum absolute atomic E-state index is 12.5. The van der Waals surface area contributed by atoms with Crippen LogP contribution in [0.15, 0.2) is 12.4 Å². The molecule has 2 fully saturated rings. The van der Waals surface area contributed by atoms with E-state index in [-0.39, 0.29) is 23.8 Å². The molecular formula is C18H28N4O3. The van der Waals surface area contributed by atoms with E-state index >= 15 is 0 Å². The first kappa shape index (κ1) is 17.9. The summed E-state index contributed by atoms with van der Waals surface area (Å²) in [7, 11) is 0. The van der Waals surface area contributed by atoms with E-state index in [1.165, 1.54) is 0 Å². The number of likely N-dealkylation sites (tertiary alicyclic amines) is 2. The molecule has 1 N–H and O–H groups in total. The number of hydrogen-bond donors (Lipinski definition) is 1. The third-order valence-electron chi connectivity index (χ3n) is 5.47. The van der Waals surface area contributed by atoms with Gasteiger partial charge in [-0.1, -0.05) is 0 Å². The van der Waals surface area contributed by atoms with Gasteiger partial charge in [0.2, 0.25) is 11.8 Å². The molecule has 1 aromatic heterocycles. The number of aromatic nitrogens is 2. The number of carbonyl (C=O) groups is 2. The summed E-state index contributed by atoms with van der Waals surface area (Å²) in [5.41, 5.74) is 1.15. The predicted molar refractivity (Wildman–Crippen MR) is 92.7 cm³/mol. The van der Waals surface area contributed by atoms with Crippen LogP contribution in [0.2, 0.25) is 0 Å². The number of piperidine rings is 2. The average Bonchev–Trinajstić information content (AvgIpc) is 2.96. The molecule has 0 bridgehead atoms. The Morgan fingerprint density at radius 1 is 1.36 bits per heavy atom. The summed E-state index contributed by atoms with van der Waals surface area (Å²) in [6.07, 6.45) is 6.41. The van der Waals surface area contributed by atoms with Crippen molar-refractivity contribution in [1.29, 1.82) is 0 Å². The standard InChI is InChI=1S/C18H28N4O3/c1-14-9-19-22(10-14)12-17(25)20-7-5-18(6-8-20)4-3-16(24)21(13-18)11-15(2)23/h9-10,15,23H,3-8,11-13H2,1-2H3/t15-/m0/s1. The lowest BCUT2D eigenvalue weighted by Gasteiger charge is -2.47. The van der Waals surface area contributed by atoms with Gasteiger partial charge in [-0.15, -0.1) is 0 Å². The molecule has 3 heterocycles. The predicted octanol–water partition coefficient (Wildman–Crippen LogP) is 0.804. The summed E-state index contributed by atoms with van der Waals surface area (Å²) in [6, 6.07) is 0. The second-order valence-corrected chi connectivity index (χ2v) is 7.72. The van der Waals surface area contributed by atoms with Crippen LogP contribution in [0.4, 0.5) is 0 Å². The van der Waals surface area contributed by atoms with Gasteiger partial charge < -0.3 is 14.9 Å². The van der Waals surface area contributed by atoms with E-state index in [1.807, 2.05) is 18.0 Å². The SMILES string of the molecule is Cc1cnn(CC(=O)N2CCC3(CCC(=O)N(C[C@H](C)O)C3)CC2)c1. The maximum atomic E-state index is 12.5. The van der Waals surface area contributed by atoms with Crippen LogP contribution >= 0.6 is 0 Å². The molecule has 1 aromatic rings. The van der Waals surface area contributed by atoms with Crippen molar-refractivity contribution in [2.45, 2.75) is 52.2 Å². The molecule has 1 atom stereocenters. The molecular weight excluding hydrogens is 320 g/mol. The first-order chi connectivity index (χ1) is 11.9. The van der Waals surface area contributed by atoms with Gasteiger partial charge in [-0.25, -0.2) is 0 Å². The average molecular weight is 348 g/mol. The number of nitrogens with zero attached hydrogens (tertiary/aromatic N) is 4. The molecule has 7 nitrogen and oxygen atoms in total. The summed E-state index contributed by atoms with van der Waals surface area (Å²) in [5, 5.41) is 13.8. The molecule has 2 amide bonds. The minimum atomic E-state index is -0.502. The monoisotopic (exact) mass is 348 g/mol. The van der Waals surface area contributed by atoms with Crippen LogP contribution < -0.4 is 0 Å². The van der Waals surface area contributed by atoms with E-state index in [9.17, 15) is 14.7 Å². The van der Waals surface area contributed by atoms with Crippen molar-refractivity contribution >= 4 is 11.8 Å². The van der Waals surface area contributed by atoms with Gasteiger partial charge >= 0.3 is 0 Å². The highest BCUT2D eigenvalue weighted by Crippen LogP contribution is 2.40. The summed E-state index contributed by atoms with van der Waals surface area (Å²) < 4.78 is 1.69. The van der Waals surface area contributed by atoms with E-state index in [2.05, 4.69) is 5.10 Å². The van der Waals surface area contributed by atoms with E-state index in [4.69, 9.17) is 0 Å². The molecule has 2 saturated heterocycles. The Morgan fingerprint density at radius 2 is 2.08 bits per heavy atom. The highest BCUT2D eigenvalue weighted by Gasteiger charge is 2.41. The molecule has 3 rings (SSSR count). The fourth-order valence-corrected chi connectivity index (χ4v) is 4.02. The third-order valence-corrected chi connectivity index (χ3v) is 5.47. The van der Waals surface area contributed by atoms with Crippen molar-refractivity contribution in [1.82, 2.24) is 19.6 Å². The van der Waals surface area contributed by atoms with Crippen molar-refractivity contribution in [3.8, 4) is 0 Å². The second-order valence-electron chi connectivity index (χ2n) is 7.72. The Morgan fingerprint density at radius 3 is 2.68 bits per heavy atom. The number of hydrogen-bond acceptors (Lipinski definition) is 4. The molecule has 1 spiro atoms. The van der Waals surface area contributed by atoms with Crippen molar-refractivity contribution in [2.75, 3.05) is 26.2 Å². The molecule has 0 unspecified atom stereocenters. The van der Waals surface area contributed by atoms with Gasteiger partial charge in [0, 0.05) is 38.8 Å². The molecule has 2 aliphatic rings. The van der Waals surface area contributed by atoms with Crippen molar-refractivity contribution in [2.24, 2.45) is 5.41 Å². The lowest BCUT2D eigenvalue weighted by atomic mass is 9.72. The van der Waals surface area contributed by atoms with E-state index in [0.29, 0.717) is 19.5 Å². The Labute approximate surface area is 148 Å². The minimum absolute atomic E-state index is 0.0991. The number of aliphatic hydroxyl groups excluding tert-OH is 1. The molecule has 25 heavy (non-hydrogen) atoms. The quantitative estimate of drug-likeness (QED) is 0.873. The highest BCUT2D eigenvalue weighted by atomic mass is 16.3. The van der Waals surface area contributed by atoms with Crippen LogP contribution in [0.1, 0.15) is 38.2 Å². The molecule has 7 heteroatoms. The molecule has 0 radical (unpaired) electrons. The zero-order chi connectivity index (χ0) is 18.0. The Balaban J connectivity index is 1.55. The Kier molecular flexibility index (Phi) is 5.13. The lowest BCUT2D eigenvalue weighted by molar-refractivity contribution is -0.144. The van der Waals surface area contributed by atoms with E-state index < -0.39 is 6.10 Å². The van der Waals surface area contributed by atoms with Crippen LogP contribution in [-0.2, 0) is 16.1 Å². The number of carbonyl (C=O) groups excluding carboxylic acids is 2. The summed E-state index contributed by atoms with van der Waals surface area (Å²) in [5.74, 6) is 0.241. The zero-order valence-electron chi connectivity index (χ0n) is 15.1. The zero-order valence-corrected chi connectivity index (χ0v) is 15.1. The summed E-state index contributed by atoms with van der Waals surface area (Å²) >= 11 is 0. The molecule has 0 aliphatic carbocycles. The van der Waals surface area contributed by atoms with Gasteiger partial charge in [-0.05, 0) is 44.1 Å². The largest absolute Gasteiger partial charge is 0.392 e. The van der Waals surface area contributed by atoms with Crippen LogP contribution in [0.5, 0.6) is 0 Å². The lowest BCUT2D eigenvalue weighted by Crippen LogP contribution is -2.53. The number of β-amino-alcohol motifs (C(OH)–C–C–N with tert-alkyl or cyclic N) is 1. The Hall–Kier alpha value is -1.89. The normalized spacial score (nSPS) is 21.6. The number of aliphatic hydroxyl groups is 1. The second kappa shape index (κ2) is 7.15. The van der Waals surface area contributed by atoms with E-state index in [1.54, 1.807) is 22.7 Å². The van der Waals surface area contributed by atoms with Crippen LogP contribution in [0, 0.1) is 12.3 Å². The first-order valence-electron chi connectivity index (χ1n) is 9.10. The molecule has 138 valence electrons. The number of rotatable bonds is 4. The van der Waals surface area contributed by atoms with Gasteiger partial charge in [0.15, 0.2) is 0 Å². The summed E-state index contributed by atoms with van der Waals surface area (Å²) in [4.78, 5) is 28.3. The molecule has 0 saturated carbocycles. The molecule has 2 aliphatic heterocycles. The maximum Gasteiger partial charge on any atom is 0.244 e. The fraction of sp³-hybridized carbons (Fsp3) is 0.722. The van der Waals surface area contributed by atoms with Crippen LogP contribution in [0.25, 0.3) is 0 Å². The third kappa shape index (κ3) is 4.21. The number of aryl methyl sites for hydroxylation is 1. The minimum Gasteiger partial charge on any atom is -0.392 e. The number of amides is 2.